The molecule has 0 aromatic heterocycles. The van der Waals surface area contributed by atoms with Crippen LogP contribution in [0.5, 0.6) is 0 Å². The SMILES string of the molecule is Cl.O=C(OC1CCN(Cc2ccc([N+](=O)[O-])cc2)CC1)c1ccccc1. The number of carbonyl (C=O) groups excluding carboxylic acids is 1. The molecule has 0 unspecified atom stereocenters. The summed E-state index contributed by atoms with van der Waals surface area (Å²) in [6, 6.07) is 15.7. The lowest BCUT2D eigenvalue weighted by Crippen LogP contribution is -2.37. The van der Waals surface area contributed by atoms with Crippen LogP contribution in [0.15, 0.2) is 54.6 Å². The summed E-state index contributed by atoms with van der Waals surface area (Å²) in [7, 11) is 0. The second-order valence-corrected chi connectivity index (χ2v) is 6.17. The minimum absolute atomic E-state index is 0. The lowest BCUT2D eigenvalue weighted by molar-refractivity contribution is -0.384. The molecule has 1 aliphatic rings. The Morgan fingerprint density at radius 3 is 2.27 bits per heavy atom. The van der Waals surface area contributed by atoms with Crippen molar-refractivity contribution < 1.29 is 14.5 Å². The fourth-order valence-electron chi connectivity index (χ4n) is 2.96. The number of likely N-dealkylation sites (tertiary alicyclic amines) is 1. The molecule has 0 saturated carbocycles. The number of rotatable bonds is 5. The van der Waals surface area contributed by atoms with Crippen LogP contribution in [0.1, 0.15) is 28.8 Å². The molecule has 2 aromatic carbocycles. The van der Waals surface area contributed by atoms with E-state index < -0.39 is 4.92 Å². The summed E-state index contributed by atoms with van der Waals surface area (Å²) < 4.78 is 5.58. The highest BCUT2D eigenvalue weighted by Gasteiger charge is 2.23. The van der Waals surface area contributed by atoms with Gasteiger partial charge in [0, 0.05) is 31.8 Å². The normalized spacial score (nSPS) is 15.1. The minimum Gasteiger partial charge on any atom is -0.459 e. The van der Waals surface area contributed by atoms with Crippen LogP contribution in [-0.4, -0.2) is 35.0 Å². The molecule has 2 aromatic rings. The van der Waals surface area contributed by atoms with Crippen LogP contribution < -0.4 is 0 Å². The summed E-state index contributed by atoms with van der Waals surface area (Å²) in [5.74, 6) is -0.269. The number of nitro groups is 1. The maximum Gasteiger partial charge on any atom is 0.338 e. The van der Waals surface area contributed by atoms with Crippen molar-refractivity contribution in [3.63, 3.8) is 0 Å². The summed E-state index contributed by atoms with van der Waals surface area (Å²) >= 11 is 0. The number of nitro benzene ring substituents is 1. The van der Waals surface area contributed by atoms with E-state index in [-0.39, 0.29) is 30.2 Å². The van der Waals surface area contributed by atoms with E-state index in [0.717, 1.165) is 38.0 Å². The molecule has 0 radical (unpaired) electrons. The summed E-state index contributed by atoms with van der Waals surface area (Å²) in [6.45, 7) is 2.42. The number of esters is 1. The highest BCUT2D eigenvalue weighted by Crippen LogP contribution is 2.19. The minimum atomic E-state index is -0.393. The number of nitrogens with zero attached hydrogens (tertiary/aromatic N) is 2. The molecule has 0 atom stereocenters. The Balaban J connectivity index is 0.00000243. The number of halogens is 1. The predicted molar refractivity (Wildman–Crippen MR) is 101 cm³/mol. The Hall–Kier alpha value is -2.44. The fourth-order valence-corrected chi connectivity index (χ4v) is 2.96. The molecule has 1 aliphatic heterocycles. The first-order valence-corrected chi connectivity index (χ1v) is 8.33. The van der Waals surface area contributed by atoms with Gasteiger partial charge in [-0.3, -0.25) is 15.0 Å². The summed E-state index contributed by atoms with van der Waals surface area (Å²) in [5.41, 5.74) is 1.73. The maximum absolute atomic E-state index is 12.1. The van der Waals surface area contributed by atoms with Gasteiger partial charge in [-0.1, -0.05) is 30.3 Å². The third-order valence-corrected chi connectivity index (χ3v) is 4.37. The van der Waals surface area contributed by atoms with Crippen LogP contribution in [0.25, 0.3) is 0 Å². The molecule has 1 heterocycles. The molecule has 26 heavy (non-hydrogen) atoms. The molecule has 1 saturated heterocycles. The molecule has 0 aliphatic carbocycles. The van der Waals surface area contributed by atoms with Gasteiger partial charge in [-0.25, -0.2) is 4.79 Å². The van der Waals surface area contributed by atoms with Gasteiger partial charge in [0.15, 0.2) is 0 Å². The second-order valence-electron chi connectivity index (χ2n) is 6.17. The van der Waals surface area contributed by atoms with E-state index in [0.29, 0.717) is 5.56 Å². The first kappa shape index (κ1) is 19.9. The smallest absolute Gasteiger partial charge is 0.338 e. The number of hydrogen-bond acceptors (Lipinski definition) is 5. The van der Waals surface area contributed by atoms with Crippen molar-refractivity contribution in [1.29, 1.82) is 0 Å². The van der Waals surface area contributed by atoms with Crippen LogP contribution in [0.2, 0.25) is 0 Å². The Bertz CT molecular complexity index is 729. The van der Waals surface area contributed by atoms with Crippen LogP contribution in [-0.2, 0) is 11.3 Å². The zero-order valence-corrected chi connectivity index (χ0v) is 15.1. The Morgan fingerprint density at radius 2 is 1.69 bits per heavy atom. The van der Waals surface area contributed by atoms with Gasteiger partial charge in [0.1, 0.15) is 6.10 Å². The third-order valence-electron chi connectivity index (χ3n) is 4.37. The van der Waals surface area contributed by atoms with E-state index in [9.17, 15) is 14.9 Å². The van der Waals surface area contributed by atoms with Gasteiger partial charge in [0.05, 0.1) is 10.5 Å². The molecule has 3 rings (SSSR count). The average Bonchev–Trinajstić information content (AvgIpc) is 2.64. The van der Waals surface area contributed by atoms with E-state index in [2.05, 4.69) is 4.90 Å². The zero-order chi connectivity index (χ0) is 17.6. The molecular weight excluding hydrogens is 356 g/mol. The first-order valence-electron chi connectivity index (χ1n) is 8.33. The molecule has 6 nitrogen and oxygen atoms in total. The third kappa shape index (κ3) is 5.28. The van der Waals surface area contributed by atoms with Gasteiger partial charge >= 0.3 is 5.97 Å². The summed E-state index contributed by atoms with van der Waals surface area (Å²) in [5, 5.41) is 10.7. The van der Waals surface area contributed by atoms with Gasteiger partial charge < -0.3 is 4.74 Å². The summed E-state index contributed by atoms with van der Waals surface area (Å²) in [6.07, 6.45) is 1.54. The van der Waals surface area contributed by atoms with Crippen LogP contribution >= 0.6 is 12.4 Å². The topological polar surface area (TPSA) is 72.7 Å². The van der Waals surface area contributed by atoms with E-state index in [4.69, 9.17) is 4.74 Å². The van der Waals surface area contributed by atoms with E-state index >= 15 is 0 Å². The molecule has 1 fully saturated rings. The Labute approximate surface area is 158 Å². The van der Waals surface area contributed by atoms with Crippen molar-refractivity contribution in [3.05, 3.63) is 75.8 Å². The van der Waals surface area contributed by atoms with E-state index in [1.54, 1.807) is 24.3 Å². The second kappa shape index (κ2) is 9.31. The number of ether oxygens (including phenoxy) is 1. The first-order chi connectivity index (χ1) is 12.1. The lowest BCUT2D eigenvalue weighted by atomic mass is 10.1. The highest BCUT2D eigenvalue weighted by molar-refractivity contribution is 5.89. The molecule has 0 bridgehead atoms. The van der Waals surface area contributed by atoms with Crippen molar-refractivity contribution in [2.75, 3.05) is 13.1 Å². The van der Waals surface area contributed by atoms with Crippen molar-refractivity contribution in [2.45, 2.75) is 25.5 Å². The highest BCUT2D eigenvalue weighted by atomic mass is 35.5. The molecule has 0 amide bonds. The van der Waals surface area contributed by atoms with Gasteiger partial charge in [-0.05, 0) is 30.5 Å². The van der Waals surface area contributed by atoms with Crippen LogP contribution in [0, 0.1) is 10.1 Å². The monoisotopic (exact) mass is 376 g/mol. The van der Waals surface area contributed by atoms with Gasteiger partial charge in [0.25, 0.3) is 5.69 Å². The largest absolute Gasteiger partial charge is 0.459 e. The number of non-ortho nitro benzene ring substituents is 1. The Morgan fingerprint density at radius 1 is 1.08 bits per heavy atom. The predicted octanol–water partition coefficient (Wildman–Crippen LogP) is 3.84. The molecule has 0 N–H and O–H groups in total. The van der Waals surface area contributed by atoms with Crippen LogP contribution in [0.4, 0.5) is 5.69 Å². The Kier molecular flexibility index (Phi) is 7.12. The number of hydrogen-bond donors (Lipinski definition) is 0. The fraction of sp³-hybridized carbons (Fsp3) is 0.316. The lowest BCUT2D eigenvalue weighted by Gasteiger charge is -2.31. The quantitative estimate of drug-likeness (QED) is 0.450. The van der Waals surface area contributed by atoms with Crippen molar-refractivity contribution >= 4 is 24.1 Å². The molecular formula is C19H21ClN2O4. The standard InChI is InChI=1S/C19H20N2O4.ClH/c22-19(16-4-2-1-3-5-16)25-18-10-12-20(13-11-18)14-15-6-8-17(9-7-15)21(23)24;/h1-9,18H,10-14H2;1H. The van der Waals surface area contributed by atoms with Crippen molar-refractivity contribution in [3.8, 4) is 0 Å². The molecule has 7 heteroatoms. The van der Waals surface area contributed by atoms with Crippen molar-refractivity contribution in [2.24, 2.45) is 0 Å². The van der Waals surface area contributed by atoms with Gasteiger partial charge in [-0.2, -0.15) is 0 Å². The van der Waals surface area contributed by atoms with Crippen LogP contribution in [0.3, 0.4) is 0 Å². The summed E-state index contributed by atoms with van der Waals surface area (Å²) in [4.78, 5) is 24.6. The van der Waals surface area contributed by atoms with Gasteiger partial charge in [-0.15, -0.1) is 12.4 Å². The van der Waals surface area contributed by atoms with Crippen molar-refractivity contribution in [1.82, 2.24) is 4.90 Å². The molecule has 138 valence electrons. The zero-order valence-electron chi connectivity index (χ0n) is 14.2. The number of carbonyl (C=O) groups is 1. The maximum atomic E-state index is 12.1. The van der Waals surface area contributed by atoms with E-state index in [1.165, 1.54) is 12.1 Å². The average molecular weight is 377 g/mol. The number of benzene rings is 2. The van der Waals surface area contributed by atoms with Gasteiger partial charge in [0.2, 0.25) is 0 Å². The molecule has 0 spiro atoms. The number of piperidine rings is 1. The van der Waals surface area contributed by atoms with E-state index in [1.807, 2.05) is 18.2 Å².